The summed E-state index contributed by atoms with van der Waals surface area (Å²) in [4.78, 5) is 0. The third-order valence-electron chi connectivity index (χ3n) is 3.57. The maximum atomic E-state index is 14.1. The van der Waals surface area contributed by atoms with Crippen molar-refractivity contribution in [2.24, 2.45) is 0 Å². The van der Waals surface area contributed by atoms with Gasteiger partial charge in [0.1, 0.15) is 22.9 Å². The molecular weight excluding hydrogens is 397 g/mol. The molecule has 1 aromatic heterocycles. The van der Waals surface area contributed by atoms with E-state index in [9.17, 15) is 30.7 Å². The number of aromatic nitrogens is 3. The van der Waals surface area contributed by atoms with Crippen LogP contribution in [0, 0.1) is 5.82 Å². The van der Waals surface area contributed by atoms with Gasteiger partial charge in [-0.15, -0.1) is 18.3 Å². The first-order chi connectivity index (χ1) is 13.0. The molecule has 2 N–H and O–H groups in total. The Morgan fingerprint density at radius 3 is 2.11 bits per heavy atom. The number of halogens is 7. The van der Waals surface area contributed by atoms with E-state index in [4.69, 9.17) is 5.73 Å². The smallest absolute Gasteiger partial charge is 0.406 e. The summed E-state index contributed by atoms with van der Waals surface area (Å²) in [5.74, 6) is -1.92. The highest BCUT2D eigenvalue weighted by molar-refractivity contribution is 5.71. The molecule has 3 rings (SSSR count). The van der Waals surface area contributed by atoms with Gasteiger partial charge in [-0.05, 0) is 42.5 Å². The number of benzene rings is 2. The Balaban J connectivity index is 1.93. The number of ether oxygens (including phenoxy) is 1. The van der Waals surface area contributed by atoms with Crippen LogP contribution in [0.3, 0.4) is 0 Å². The van der Waals surface area contributed by atoms with Crippen LogP contribution in [-0.2, 0) is 6.18 Å². The molecule has 0 saturated carbocycles. The largest absolute Gasteiger partial charge is 0.573 e. The number of alkyl halides is 6. The Morgan fingerprint density at radius 2 is 1.57 bits per heavy atom. The zero-order chi connectivity index (χ0) is 20.7. The number of nitrogen functional groups attached to an aromatic ring is 1. The second-order valence-electron chi connectivity index (χ2n) is 5.47. The Labute approximate surface area is 152 Å². The van der Waals surface area contributed by atoms with Gasteiger partial charge in [0.2, 0.25) is 0 Å². The molecule has 0 bridgehead atoms. The highest BCUT2D eigenvalue weighted by Gasteiger charge is 2.32. The van der Waals surface area contributed by atoms with Gasteiger partial charge in [0.25, 0.3) is 0 Å². The molecule has 2 aromatic carbocycles. The summed E-state index contributed by atoms with van der Waals surface area (Å²) in [5.41, 5.74) is 4.52. The first-order valence-electron chi connectivity index (χ1n) is 7.40. The number of nitrogens with two attached hydrogens (primary N) is 1. The Hall–Kier alpha value is -3.31. The lowest BCUT2D eigenvalue weighted by molar-refractivity contribution is -0.274. The third kappa shape index (κ3) is 4.00. The van der Waals surface area contributed by atoms with E-state index in [1.54, 1.807) is 0 Å². The topological polar surface area (TPSA) is 66.0 Å². The average molecular weight is 406 g/mol. The monoisotopic (exact) mass is 406 g/mol. The molecule has 0 aliphatic rings. The van der Waals surface area contributed by atoms with Crippen LogP contribution in [0.1, 0.15) is 5.56 Å². The van der Waals surface area contributed by atoms with Crippen molar-refractivity contribution >= 4 is 5.82 Å². The number of anilines is 1. The minimum atomic E-state index is -4.86. The molecule has 0 fully saturated rings. The first-order valence-corrected chi connectivity index (χ1v) is 7.40. The summed E-state index contributed by atoms with van der Waals surface area (Å²) in [5, 5.41) is 7.32. The van der Waals surface area contributed by atoms with Gasteiger partial charge in [-0.1, -0.05) is 5.21 Å². The molecule has 3 aromatic rings. The van der Waals surface area contributed by atoms with Crippen LogP contribution in [0.25, 0.3) is 16.9 Å². The van der Waals surface area contributed by atoms with Gasteiger partial charge in [-0.2, -0.15) is 17.9 Å². The Kier molecular flexibility index (Phi) is 4.65. The number of rotatable bonds is 3. The van der Waals surface area contributed by atoms with E-state index in [2.05, 4.69) is 15.0 Å². The summed E-state index contributed by atoms with van der Waals surface area (Å²) in [6, 6.07) is 6.25. The summed E-state index contributed by atoms with van der Waals surface area (Å²) in [6.07, 6.45) is -9.58. The average Bonchev–Trinajstić information content (AvgIpc) is 2.95. The van der Waals surface area contributed by atoms with Crippen molar-refractivity contribution in [2.45, 2.75) is 12.5 Å². The van der Waals surface area contributed by atoms with Gasteiger partial charge in [0, 0.05) is 5.56 Å². The standard InChI is InChI=1S/C16H9F7N4O/c17-11-7-9(15(18,19)20)3-6-12(11)27-14(24)13(25-26-27)8-1-4-10(5-2-8)28-16(21,22)23/h1-7H,24H2. The lowest BCUT2D eigenvalue weighted by Gasteiger charge is -2.10. The minimum absolute atomic E-state index is 0.00198. The lowest BCUT2D eigenvalue weighted by atomic mass is 10.1. The zero-order valence-corrected chi connectivity index (χ0v) is 13.5. The molecule has 0 amide bonds. The molecule has 0 aliphatic heterocycles. The van der Waals surface area contributed by atoms with Crippen LogP contribution < -0.4 is 10.5 Å². The van der Waals surface area contributed by atoms with E-state index in [0.29, 0.717) is 12.1 Å². The first kappa shape index (κ1) is 19.5. The van der Waals surface area contributed by atoms with Crippen molar-refractivity contribution in [1.82, 2.24) is 15.0 Å². The number of nitrogens with zero attached hydrogens (tertiary/aromatic N) is 3. The molecule has 0 aliphatic carbocycles. The molecule has 0 radical (unpaired) electrons. The van der Waals surface area contributed by atoms with Gasteiger partial charge in [0.15, 0.2) is 5.82 Å². The molecule has 5 nitrogen and oxygen atoms in total. The molecular formula is C16H9F7N4O. The van der Waals surface area contributed by atoms with E-state index in [1.165, 1.54) is 12.1 Å². The summed E-state index contributed by atoms with van der Waals surface area (Å²) in [6.45, 7) is 0. The molecule has 0 saturated heterocycles. The Morgan fingerprint density at radius 1 is 0.929 bits per heavy atom. The predicted octanol–water partition coefficient (Wildman–Crippen LogP) is 4.57. The molecule has 0 spiro atoms. The van der Waals surface area contributed by atoms with Crippen molar-refractivity contribution < 1.29 is 35.5 Å². The van der Waals surface area contributed by atoms with E-state index < -0.39 is 29.7 Å². The molecule has 28 heavy (non-hydrogen) atoms. The molecule has 0 unspecified atom stereocenters. The maximum Gasteiger partial charge on any atom is 0.573 e. The molecule has 0 atom stereocenters. The van der Waals surface area contributed by atoms with Gasteiger partial charge in [-0.25, -0.2) is 4.39 Å². The van der Waals surface area contributed by atoms with E-state index in [1.807, 2.05) is 0 Å². The van der Waals surface area contributed by atoms with E-state index >= 15 is 0 Å². The fraction of sp³-hybridized carbons (Fsp3) is 0.125. The molecule has 1 heterocycles. The zero-order valence-electron chi connectivity index (χ0n) is 13.5. The predicted molar refractivity (Wildman–Crippen MR) is 82.9 cm³/mol. The van der Waals surface area contributed by atoms with Crippen molar-refractivity contribution in [2.75, 3.05) is 5.73 Å². The van der Waals surface area contributed by atoms with Crippen LogP contribution >= 0.6 is 0 Å². The van der Waals surface area contributed by atoms with Crippen LogP contribution in [0.5, 0.6) is 5.75 Å². The minimum Gasteiger partial charge on any atom is -0.406 e. The second kappa shape index (κ2) is 6.69. The number of hydrogen-bond acceptors (Lipinski definition) is 4. The second-order valence-corrected chi connectivity index (χ2v) is 5.47. The SMILES string of the molecule is Nc1c(-c2ccc(OC(F)(F)F)cc2)nnn1-c1ccc(C(F)(F)F)cc1F. The van der Waals surface area contributed by atoms with Crippen molar-refractivity contribution in [3.63, 3.8) is 0 Å². The van der Waals surface area contributed by atoms with Crippen LogP contribution in [-0.4, -0.2) is 21.4 Å². The highest BCUT2D eigenvalue weighted by Crippen LogP contribution is 2.33. The quantitative estimate of drug-likeness (QED) is 0.647. The lowest BCUT2D eigenvalue weighted by Crippen LogP contribution is -2.16. The van der Waals surface area contributed by atoms with E-state index in [-0.39, 0.29) is 22.8 Å². The van der Waals surface area contributed by atoms with Crippen molar-refractivity contribution in [1.29, 1.82) is 0 Å². The van der Waals surface area contributed by atoms with Gasteiger partial charge in [0.05, 0.1) is 5.56 Å². The van der Waals surface area contributed by atoms with Crippen molar-refractivity contribution in [3.8, 4) is 22.7 Å². The highest BCUT2D eigenvalue weighted by atomic mass is 19.4. The molecule has 148 valence electrons. The van der Waals surface area contributed by atoms with Gasteiger partial charge < -0.3 is 10.5 Å². The summed E-state index contributed by atoms with van der Waals surface area (Å²) < 4.78 is 93.1. The van der Waals surface area contributed by atoms with Crippen molar-refractivity contribution in [3.05, 3.63) is 53.8 Å². The summed E-state index contributed by atoms with van der Waals surface area (Å²) >= 11 is 0. The molecule has 12 heteroatoms. The third-order valence-corrected chi connectivity index (χ3v) is 3.57. The van der Waals surface area contributed by atoms with E-state index in [0.717, 1.165) is 22.9 Å². The van der Waals surface area contributed by atoms with Gasteiger partial charge >= 0.3 is 12.5 Å². The fourth-order valence-corrected chi connectivity index (χ4v) is 2.34. The number of hydrogen-bond donors (Lipinski definition) is 1. The Bertz CT molecular complexity index is 994. The maximum absolute atomic E-state index is 14.1. The van der Waals surface area contributed by atoms with Crippen LogP contribution in [0.15, 0.2) is 42.5 Å². The van der Waals surface area contributed by atoms with Crippen LogP contribution in [0.2, 0.25) is 0 Å². The normalized spacial score (nSPS) is 12.2. The summed E-state index contributed by atoms with van der Waals surface area (Å²) in [7, 11) is 0. The van der Waals surface area contributed by atoms with Gasteiger partial charge in [-0.3, -0.25) is 0 Å². The fourth-order valence-electron chi connectivity index (χ4n) is 2.34. The van der Waals surface area contributed by atoms with Crippen LogP contribution in [0.4, 0.5) is 36.6 Å².